The molecule has 1 heterocycles. The second-order valence-corrected chi connectivity index (χ2v) is 4.09. The number of rotatable bonds is 7. The maximum Gasteiger partial charge on any atom is 0.303 e. The van der Waals surface area contributed by atoms with Gasteiger partial charge in [-0.05, 0) is 13.3 Å². The van der Waals surface area contributed by atoms with E-state index in [0.29, 0.717) is 25.2 Å². The second-order valence-electron chi connectivity index (χ2n) is 4.09. The summed E-state index contributed by atoms with van der Waals surface area (Å²) in [7, 11) is 0. The fourth-order valence-electron chi connectivity index (χ4n) is 1.46. The molecular formula is C11H18N4O3. The summed E-state index contributed by atoms with van der Waals surface area (Å²) >= 11 is 0. The topological polar surface area (TPSA) is 110 Å². The van der Waals surface area contributed by atoms with Gasteiger partial charge in [-0.1, -0.05) is 0 Å². The van der Waals surface area contributed by atoms with Gasteiger partial charge in [-0.3, -0.25) is 9.59 Å². The summed E-state index contributed by atoms with van der Waals surface area (Å²) in [4.78, 5) is 26.1. The van der Waals surface area contributed by atoms with Crippen LogP contribution in [0.3, 0.4) is 0 Å². The van der Waals surface area contributed by atoms with Crippen LogP contribution in [-0.4, -0.2) is 39.1 Å². The molecule has 0 aromatic carbocycles. The van der Waals surface area contributed by atoms with Crippen molar-refractivity contribution in [2.24, 2.45) is 5.73 Å². The van der Waals surface area contributed by atoms with Gasteiger partial charge in [-0.15, -0.1) is 0 Å². The summed E-state index contributed by atoms with van der Waals surface area (Å²) in [6, 6.07) is -0.201. The molecule has 1 aromatic heterocycles. The lowest BCUT2D eigenvalue weighted by molar-refractivity contribution is -0.137. The van der Waals surface area contributed by atoms with Gasteiger partial charge in [-0.2, -0.15) is 0 Å². The molecule has 1 rings (SSSR count). The van der Waals surface area contributed by atoms with E-state index in [1.54, 1.807) is 24.0 Å². The van der Waals surface area contributed by atoms with Gasteiger partial charge in [0, 0.05) is 31.7 Å². The molecule has 0 aliphatic rings. The predicted octanol–water partition coefficient (Wildman–Crippen LogP) is -0.175. The van der Waals surface area contributed by atoms with Crippen LogP contribution in [0, 0.1) is 0 Å². The van der Waals surface area contributed by atoms with Crippen molar-refractivity contribution in [3.8, 4) is 0 Å². The number of nitrogens with one attached hydrogen (secondary N) is 1. The van der Waals surface area contributed by atoms with Crippen molar-refractivity contribution < 1.29 is 14.7 Å². The van der Waals surface area contributed by atoms with E-state index in [-0.39, 0.29) is 18.4 Å². The minimum absolute atomic E-state index is 0.0308. The molecule has 18 heavy (non-hydrogen) atoms. The summed E-state index contributed by atoms with van der Waals surface area (Å²) < 4.78 is 1.73. The van der Waals surface area contributed by atoms with E-state index in [1.165, 1.54) is 0 Å². The molecule has 0 saturated carbocycles. The molecule has 1 aromatic rings. The van der Waals surface area contributed by atoms with Gasteiger partial charge in [0.05, 0.1) is 6.33 Å². The standard InChI is InChI=1S/C11H18N4O3/c1-8(2-3-10(16)17)14-11(18)9-6-15(5-4-12)7-13-9/h6-8H,2-5,12H2,1H3,(H,14,18)(H,16,17). The first-order chi connectivity index (χ1) is 8.52. The molecule has 1 amide bonds. The Bertz CT molecular complexity index is 416. The predicted molar refractivity (Wildman–Crippen MR) is 65.1 cm³/mol. The fourth-order valence-corrected chi connectivity index (χ4v) is 1.46. The van der Waals surface area contributed by atoms with Crippen LogP contribution in [0.15, 0.2) is 12.5 Å². The molecule has 1 unspecified atom stereocenters. The second kappa shape index (κ2) is 6.75. The molecule has 0 radical (unpaired) electrons. The molecule has 0 bridgehead atoms. The third kappa shape index (κ3) is 4.54. The SMILES string of the molecule is CC(CCC(=O)O)NC(=O)c1cn(CCN)cn1. The first-order valence-electron chi connectivity index (χ1n) is 5.77. The highest BCUT2D eigenvalue weighted by Crippen LogP contribution is 2.00. The Morgan fingerprint density at radius 3 is 2.94 bits per heavy atom. The van der Waals surface area contributed by atoms with E-state index in [4.69, 9.17) is 10.8 Å². The number of carbonyl (C=O) groups excluding carboxylic acids is 1. The van der Waals surface area contributed by atoms with Crippen molar-refractivity contribution in [1.82, 2.24) is 14.9 Å². The molecule has 0 fully saturated rings. The highest BCUT2D eigenvalue weighted by atomic mass is 16.4. The van der Waals surface area contributed by atoms with Gasteiger partial charge in [0.2, 0.25) is 0 Å². The maximum atomic E-state index is 11.8. The quantitative estimate of drug-likeness (QED) is 0.625. The van der Waals surface area contributed by atoms with Gasteiger partial charge >= 0.3 is 5.97 Å². The van der Waals surface area contributed by atoms with Crippen LogP contribution in [0.5, 0.6) is 0 Å². The van der Waals surface area contributed by atoms with E-state index in [9.17, 15) is 9.59 Å². The summed E-state index contributed by atoms with van der Waals surface area (Å²) in [5, 5.41) is 11.2. The van der Waals surface area contributed by atoms with Gasteiger partial charge < -0.3 is 20.7 Å². The van der Waals surface area contributed by atoms with Gasteiger partial charge in [0.15, 0.2) is 0 Å². The van der Waals surface area contributed by atoms with E-state index in [2.05, 4.69) is 10.3 Å². The number of nitrogens with zero attached hydrogens (tertiary/aromatic N) is 2. The van der Waals surface area contributed by atoms with Crippen molar-refractivity contribution in [3.63, 3.8) is 0 Å². The van der Waals surface area contributed by atoms with Crippen molar-refractivity contribution in [3.05, 3.63) is 18.2 Å². The largest absolute Gasteiger partial charge is 0.481 e. The Morgan fingerprint density at radius 2 is 2.33 bits per heavy atom. The highest BCUT2D eigenvalue weighted by Gasteiger charge is 2.13. The number of nitrogens with two attached hydrogens (primary N) is 1. The summed E-state index contributed by atoms with van der Waals surface area (Å²) in [6.07, 6.45) is 3.59. The molecular weight excluding hydrogens is 236 g/mol. The Hall–Kier alpha value is -1.89. The fraction of sp³-hybridized carbons (Fsp3) is 0.545. The molecule has 100 valence electrons. The molecule has 0 spiro atoms. The normalized spacial score (nSPS) is 12.1. The lowest BCUT2D eigenvalue weighted by Crippen LogP contribution is -2.33. The van der Waals surface area contributed by atoms with E-state index < -0.39 is 5.97 Å². The number of aromatic nitrogens is 2. The Labute approximate surface area is 105 Å². The van der Waals surface area contributed by atoms with Crippen LogP contribution in [-0.2, 0) is 11.3 Å². The molecule has 0 aliphatic heterocycles. The zero-order valence-corrected chi connectivity index (χ0v) is 10.3. The smallest absolute Gasteiger partial charge is 0.303 e. The lowest BCUT2D eigenvalue weighted by Gasteiger charge is -2.11. The van der Waals surface area contributed by atoms with Gasteiger partial charge in [0.25, 0.3) is 5.91 Å². The number of carbonyl (C=O) groups is 2. The average Bonchev–Trinajstić information content (AvgIpc) is 2.75. The van der Waals surface area contributed by atoms with Crippen LogP contribution in [0.4, 0.5) is 0 Å². The van der Waals surface area contributed by atoms with E-state index in [1.807, 2.05) is 0 Å². The van der Waals surface area contributed by atoms with Gasteiger partial charge in [0.1, 0.15) is 5.69 Å². The van der Waals surface area contributed by atoms with Crippen LogP contribution in [0.25, 0.3) is 0 Å². The van der Waals surface area contributed by atoms with Crippen molar-refractivity contribution >= 4 is 11.9 Å². The molecule has 4 N–H and O–H groups in total. The van der Waals surface area contributed by atoms with Crippen LogP contribution >= 0.6 is 0 Å². The number of imidazole rings is 1. The average molecular weight is 254 g/mol. The van der Waals surface area contributed by atoms with Crippen molar-refractivity contribution in [1.29, 1.82) is 0 Å². The third-order valence-electron chi connectivity index (χ3n) is 2.42. The van der Waals surface area contributed by atoms with Crippen molar-refractivity contribution in [2.75, 3.05) is 6.54 Å². The first kappa shape index (κ1) is 14.2. The monoisotopic (exact) mass is 254 g/mol. The minimum atomic E-state index is -0.872. The van der Waals surface area contributed by atoms with Gasteiger partial charge in [-0.25, -0.2) is 4.98 Å². The minimum Gasteiger partial charge on any atom is -0.481 e. The molecule has 0 aliphatic carbocycles. The number of carboxylic acid groups (broad SMARTS) is 1. The summed E-state index contributed by atoms with van der Waals surface area (Å²) in [5.41, 5.74) is 5.70. The number of hydrogen-bond donors (Lipinski definition) is 3. The summed E-state index contributed by atoms with van der Waals surface area (Å²) in [5.74, 6) is -1.17. The van der Waals surface area contributed by atoms with Crippen molar-refractivity contribution in [2.45, 2.75) is 32.4 Å². The van der Waals surface area contributed by atoms with E-state index in [0.717, 1.165) is 0 Å². The first-order valence-corrected chi connectivity index (χ1v) is 5.77. The van der Waals surface area contributed by atoms with E-state index >= 15 is 0 Å². The lowest BCUT2D eigenvalue weighted by atomic mass is 10.2. The third-order valence-corrected chi connectivity index (χ3v) is 2.42. The number of hydrogen-bond acceptors (Lipinski definition) is 4. The Morgan fingerprint density at radius 1 is 1.61 bits per heavy atom. The number of aliphatic carboxylic acids is 1. The number of carboxylic acids is 1. The molecule has 7 nitrogen and oxygen atoms in total. The maximum absolute atomic E-state index is 11.8. The zero-order chi connectivity index (χ0) is 13.5. The molecule has 7 heteroatoms. The van der Waals surface area contributed by atoms with Crippen LogP contribution < -0.4 is 11.1 Å². The number of amides is 1. The molecule has 0 saturated heterocycles. The van der Waals surface area contributed by atoms with Crippen LogP contribution in [0.1, 0.15) is 30.3 Å². The Balaban J connectivity index is 2.45. The highest BCUT2D eigenvalue weighted by molar-refractivity contribution is 5.92. The molecule has 1 atom stereocenters. The summed E-state index contributed by atoms with van der Waals surface area (Å²) in [6.45, 7) is 2.85. The van der Waals surface area contributed by atoms with Crippen LogP contribution in [0.2, 0.25) is 0 Å². The zero-order valence-electron chi connectivity index (χ0n) is 10.3. The Kier molecular flexibility index (Phi) is 5.31.